The van der Waals surface area contributed by atoms with E-state index in [1.54, 1.807) is 36.4 Å². The van der Waals surface area contributed by atoms with Crippen molar-refractivity contribution >= 4 is 29.3 Å². The maximum Gasteiger partial charge on any atom is 0.280 e. The van der Waals surface area contributed by atoms with Crippen LogP contribution in [0.25, 0.3) is 0 Å². The summed E-state index contributed by atoms with van der Waals surface area (Å²) in [5, 5.41) is 3.12. The molecule has 1 N–H and O–H groups in total. The van der Waals surface area contributed by atoms with Gasteiger partial charge in [0.15, 0.2) is 0 Å². The summed E-state index contributed by atoms with van der Waals surface area (Å²) in [6, 6.07) is 9.69. The fourth-order valence-electron chi connectivity index (χ4n) is 2.33. The molecule has 3 rings (SSSR count). The molecule has 1 aliphatic rings. The first-order valence-corrected chi connectivity index (χ1v) is 7.30. The molecule has 2 aromatic rings. The van der Waals surface area contributed by atoms with Gasteiger partial charge in [0.1, 0.15) is 5.69 Å². The Hall–Kier alpha value is -2.73. The van der Waals surface area contributed by atoms with Crippen molar-refractivity contribution in [1.82, 2.24) is 15.2 Å². The number of halogens is 1. The quantitative estimate of drug-likeness (QED) is 0.867. The molecule has 1 aromatic carbocycles. The molecule has 0 fully saturated rings. The van der Waals surface area contributed by atoms with E-state index in [0.717, 1.165) is 4.90 Å². The molecule has 2 heterocycles. The molecule has 0 aliphatic carbocycles. The third kappa shape index (κ3) is 2.93. The summed E-state index contributed by atoms with van der Waals surface area (Å²) in [6.07, 6.45) is 1.47. The number of carbonyl (C=O) groups excluding carboxylic acids is 3. The van der Waals surface area contributed by atoms with E-state index in [4.69, 9.17) is 11.6 Å². The van der Waals surface area contributed by atoms with Crippen molar-refractivity contribution in [2.45, 2.75) is 0 Å². The lowest BCUT2D eigenvalue weighted by molar-refractivity contribution is 0.0648. The van der Waals surface area contributed by atoms with Crippen molar-refractivity contribution in [1.29, 1.82) is 0 Å². The number of nitrogens with zero attached hydrogens (tertiary/aromatic N) is 2. The molecule has 0 unspecified atom stereocenters. The molecular formula is C16H12ClN3O3. The largest absolute Gasteiger partial charge is 0.350 e. The van der Waals surface area contributed by atoms with E-state index >= 15 is 0 Å². The number of rotatable bonds is 4. The molecule has 0 saturated heterocycles. The third-order valence-electron chi connectivity index (χ3n) is 3.44. The van der Waals surface area contributed by atoms with Crippen LogP contribution in [0.3, 0.4) is 0 Å². The average molecular weight is 330 g/mol. The predicted molar refractivity (Wildman–Crippen MR) is 83.4 cm³/mol. The summed E-state index contributed by atoms with van der Waals surface area (Å²) in [6.45, 7) is 0.233. The first-order valence-electron chi connectivity index (χ1n) is 6.93. The van der Waals surface area contributed by atoms with Crippen LogP contribution in [0.5, 0.6) is 0 Å². The molecule has 1 aromatic heterocycles. The Bertz CT molecular complexity index is 772. The molecule has 3 amide bonds. The highest BCUT2D eigenvalue weighted by molar-refractivity contribution is 6.31. The van der Waals surface area contributed by atoms with Gasteiger partial charge in [-0.05, 0) is 30.3 Å². The smallest absolute Gasteiger partial charge is 0.280 e. The van der Waals surface area contributed by atoms with Crippen LogP contribution in [0.1, 0.15) is 31.2 Å². The van der Waals surface area contributed by atoms with Crippen molar-refractivity contribution in [2.75, 3.05) is 13.1 Å². The molecule has 7 heteroatoms. The zero-order valence-electron chi connectivity index (χ0n) is 12.0. The SMILES string of the molecule is O=C(NCCN1C(=O)c2cccnc2C1=O)c1cccc(Cl)c1. The monoisotopic (exact) mass is 329 g/mol. The number of hydrogen-bond donors (Lipinski definition) is 1. The predicted octanol–water partition coefficient (Wildman–Crippen LogP) is 1.76. The Morgan fingerprint density at radius 3 is 2.74 bits per heavy atom. The molecule has 0 spiro atoms. The van der Waals surface area contributed by atoms with Crippen LogP contribution in [-0.2, 0) is 0 Å². The lowest BCUT2D eigenvalue weighted by Crippen LogP contribution is -2.38. The zero-order chi connectivity index (χ0) is 16.4. The number of hydrogen-bond acceptors (Lipinski definition) is 4. The van der Waals surface area contributed by atoms with Gasteiger partial charge in [-0.15, -0.1) is 0 Å². The van der Waals surface area contributed by atoms with E-state index in [2.05, 4.69) is 10.3 Å². The van der Waals surface area contributed by atoms with Crippen molar-refractivity contribution in [2.24, 2.45) is 0 Å². The van der Waals surface area contributed by atoms with E-state index in [9.17, 15) is 14.4 Å². The van der Waals surface area contributed by atoms with E-state index in [0.29, 0.717) is 16.1 Å². The Balaban J connectivity index is 1.61. The molecule has 0 saturated carbocycles. The number of nitrogens with one attached hydrogen (secondary N) is 1. The number of aromatic nitrogens is 1. The van der Waals surface area contributed by atoms with Gasteiger partial charge in [0.2, 0.25) is 0 Å². The fourth-order valence-corrected chi connectivity index (χ4v) is 2.52. The number of amides is 3. The number of carbonyl (C=O) groups is 3. The summed E-state index contributed by atoms with van der Waals surface area (Å²) in [5.41, 5.74) is 0.860. The van der Waals surface area contributed by atoms with Gasteiger partial charge in [0, 0.05) is 29.9 Å². The number of pyridine rings is 1. The molecule has 0 radical (unpaired) electrons. The Morgan fingerprint density at radius 1 is 1.17 bits per heavy atom. The van der Waals surface area contributed by atoms with Crippen LogP contribution < -0.4 is 5.32 Å². The van der Waals surface area contributed by atoms with Crippen molar-refractivity contribution in [3.8, 4) is 0 Å². The minimum absolute atomic E-state index is 0.0837. The van der Waals surface area contributed by atoms with Gasteiger partial charge in [-0.25, -0.2) is 0 Å². The summed E-state index contributed by atoms with van der Waals surface area (Å²) in [5.74, 6) is -1.15. The van der Waals surface area contributed by atoms with Gasteiger partial charge in [0.05, 0.1) is 5.56 Å². The lowest BCUT2D eigenvalue weighted by atomic mass is 10.2. The first kappa shape index (κ1) is 15.2. The van der Waals surface area contributed by atoms with E-state index in [-0.39, 0.29) is 24.7 Å². The summed E-state index contributed by atoms with van der Waals surface area (Å²) >= 11 is 5.83. The molecule has 116 valence electrons. The van der Waals surface area contributed by atoms with Gasteiger partial charge in [-0.3, -0.25) is 24.3 Å². The van der Waals surface area contributed by atoms with E-state index in [1.165, 1.54) is 6.20 Å². The van der Waals surface area contributed by atoms with E-state index in [1.807, 2.05) is 0 Å². The zero-order valence-corrected chi connectivity index (χ0v) is 12.7. The molecule has 0 atom stereocenters. The summed E-state index contributed by atoms with van der Waals surface area (Å²) < 4.78 is 0. The minimum atomic E-state index is -0.442. The van der Waals surface area contributed by atoms with Crippen molar-refractivity contribution in [3.05, 3.63) is 64.4 Å². The number of imide groups is 1. The molecule has 6 nitrogen and oxygen atoms in total. The standard InChI is InChI=1S/C16H12ClN3O3/c17-11-4-1-3-10(9-11)14(21)19-7-8-20-15(22)12-5-2-6-18-13(12)16(20)23/h1-6,9H,7-8H2,(H,19,21). The first-order chi connectivity index (χ1) is 11.1. The maximum absolute atomic E-state index is 12.1. The maximum atomic E-state index is 12.1. The third-order valence-corrected chi connectivity index (χ3v) is 3.67. The van der Waals surface area contributed by atoms with Gasteiger partial charge in [0.25, 0.3) is 17.7 Å². The highest BCUT2D eigenvalue weighted by Gasteiger charge is 2.36. The fraction of sp³-hybridized carbons (Fsp3) is 0.125. The number of fused-ring (bicyclic) bond motifs is 1. The summed E-state index contributed by atoms with van der Waals surface area (Å²) in [7, 11) is 0. The Morgan fingerprint density at radius 2 is 2.00 bits per heavy atom. The van der Waals surface area contributed by atoms with E-state index < -0.39 is 11.8 Å². The van der Waals surface area contributed by atoms with Crippen LogP contribution in [-0.4, -0.2) is 40.7 Å². The Labute approximate surface area is 137 Å². The topological polar surface area (TPSA) is 79.4 Å². The molecule has 0 bridgehead atoms. The van der Waals surface area contributed by atoms with Crippen molar-refractivity contribution < 1.29 is 14.4 Å². The van der Waals surface area contributed by atoms with Crippen molar-refractivity contribution in [3.63, 3.8) is 0 Å². The minimum Gasteiger partial charge on any atom is -0.350 e. The second kappa shape index (κ2) is 6.18. The van der Waals surface area contributed by atoms with Gasteiger partial charge < -0.3 is 5.32 Å². The normalized spacial score (nSPS) is 13.2. The Kier molecular flexibility index (Phi) is 4.08. The molecule has 23 heavy (non-hydrogen) atoms. The molecule has 1 aliphatic heterocycles. The van der Waals surface area contributed by atoms with Crippen LogP contribution in [0.2, 0.25) is 5.02 Å². The molecular weight excluding hydrogens is 318 g/mol. The lowest BCUT2D eigenvalue weighted by Gasteiger charge is -2.14. The number of benzene rings is 1. The average Bonchev–Trinajstić information content (AvgIpc) is 2.80. The highest BCUT2D eigenvalue weighted by Crippen LogP contribution is 2.19. The second-order valence-electron chi connectivity index (χ2n) is 4.93. The van der Waals surface area contributed by atoms with Gasteiger partial charge in [-0.2, -0.15) is 0 Å². The van der Waals surface area contributed by atoms with Crippen LogP contribution >= 0.6 is 11.6 Å². The van der Waals surface area contributed by atoms with Gasteiger partial charge in [-0.1, -0.05) is 17.7 Å². The van der Waals surface area contributed by atoms with Crippen LogP contribution in [0.4, 0.5) is 0 Å². The van der Waals surface area contributed by atoms with Crippen LogP contribution in [0.15, 0.2) is 42.6 Å². The second-order valence-corrected chi connectivity index (χ2v) is 5.36. The highest BCUT2D eigenvalue weighted by atomic mass is 35.5. The summed E-state index contributed by atoms with van der Waals surface area (Å²) in [4.78, 5) is 41.2. The van der Waals surface area contributed by atoms with Gasteiger partial charge >= 0.3 is 0 Å². The van der Waals surface area contributed by atoms with Crippen LogP contribution in [0, 0.1) is 0 Å².